The Labute approximate surface area is 120 Å². The topological polar surface area (TPSA) is 43.4 Å². The second-order valence-corrected chi connectivity index (χ2v) is 7.82. The fraction of sp³-hybridized carbons (Fsp3) is 0.500. The molecule has 0 bridgehead atoms. The molecule has 1 aromatic carbocycles. The first-order chi connectivity index (χ1) is 8.81. The minimum absolute atomic E-state index is 0.0149. The van der Waals surface area contributed by atoms with Crippen molar-refractivity contribution in [1.29, 1.82) is 0 Å². The van der Waals surface area contributed by atoms with Gasteiger partial charge in [0.2, 0.25) is 0 Å². The largest absolute Gasteiger partial charge is 0.484 e. The van der Waals surface area contributed by atoms with Gasteiger partial charge in [-0.25, -0.2) is 8.42 Å². The van der Waals surface area contributed by atoms with E-state index in [1.54, 1.807) is 20.8 Å². The third-order valence-electron chi connectivity index (χ3n) is 2.43. The Bertz CT molecular complexity index is 589. The molecule has 0 spiro atoms. The van der Waals surface area contributed by atoms with E-state index in [0.29, 0.717) is 5.56 Å². The van der Waals surface area contributed by atoms with Crippen molar-refractivity contribution in [2.45, 2.75) is 37.3 Å². The monoisotopic (exact) mass is 330 g/mol. The summed E-state index contributed by atoms with van der Waals surface area (Å²) in [6, 6.07) is 3.53. The maximum atomic E-state index is 12.2. The van der Waals surface area contributed by atoms with Crippen LogP contribution in [-0.4, -0.2) is 21.2 Å². The minimum atomic E-state index is -4.47. The first-order valence-electron chi connectivity index (χ1n) is 5.59. The van der Waals surface area contributed by atoms with E-state index in [4.69, 9.17) is 15.4 Å². The first kappa shape index (κ1) is 17.1. The van der Waals surface area contributed by atoms with Gasteiger partial charge in [-0.15, -0.1) is 0 Å². The lowest BCUT2D eigenvalue weighted by atomic mass is 9.86. The number of ether oxygens (including phenoxy) is 1. The van der Waals surface area contributed by atoms with Gasteiger partial charge < -0.3 is 4.74 Å². The molecule has 0 aliphatic rings. The van der Waals surface area contributed by atoms with Gasteiger partial charge in [0.05, 0.1) is 4.90 Å². The predicted molar refractivity (Wildman–Crippen MR) is 69.7 cm³/mol. The van der Waals surface area contributed by atoms with E-state index in [1.165, 1.54) is 12.1 Å². The SMILES string of the molecule is CC(C)(C)c1cc(S(=O)(=O)Cl)ccc1OCC(F)(F)F. The Balaban J connectivity index is 3.25. The Morgan fingerprint density at radius 1 is 1.20 bits per heavy atom. The molecule has 0 aliphatic heterocycles. The van der Waals surface area contributed by atoms with Crippen LogP contribution in [0.25, 0.3) is 0 Å². The summed E-state index contributed by atoms with van der Waals surface area (Å²) < 4.78 is 63.9. The molecular formula is C12H14ClF3O3S. The molecule has 3 nitrogen and oxygen atoms in total. The van der Waals surface area contributed by atoms with E-state index in [-0.39, 0.29) is 10.6 Å². The van der Waals surface area contributed by atoms with E-state index in [2.05, 4.69) is 0 Å². The molecule has 0 atom stereocenters. The fourth-order valence-corrected chi connectivity index (χ4v) is 2.31. The number of rotatable bonds is 3. The molecule has 0 saturated heterocycles. The molecule has 0 fully saturated rings. The quantitative estimate of drug-likeness (QED) is 0.791. The summed E-state index contributed by atoms with van der Waals surface area (Å²) in [5.74, 6) is -0.0149. The van der Waals surface area contributed by atoms with E-state index in [9.17, 15) is 21.6 Å². The molecule has 0 aliphatic carbocycles. The van der Waals surface area contributed by atoms with Gasteiger partial charge in [-0.05, 0) is 23.6 Å². The van der Waals surface area contributed by atoms with Gasteiger partial charge >= 0.3 is 6.18 Å². The lowest BCUT2D eigenvalue weighted by Crippen LogP contribution is -2.21. The molecule has 0 N–H and O–H groups in total. The van der Waals surface area contributed by atoms with Crippen LogP contribution in [0.15, 0.2) is 23.1 Å². The van der Waals surface area contributed by atoms with Gasteiger partial charge in [0.1, 0.15) is 5.75 Å². The molecule has 20 heavy (non-hydrogen) atoms. The van der Waals surface area contributed by atoms with E-state index in [0.717, 1.165) is 6.07 Å². The number of hydrogen-bond acceptors (Lipinski definition) is 3. The molecule has 1 rings (SSSR count). The van der Waals surface area contributed by atoms with Crippen molar-refractivity contribution in [1.82, 2.24) is 0 Å². The first-order valence-corrected chi connectivity index (χ1v) is 7.90. The van der Waals surface area contributed by atoms with Crippen LogP contribution in [0.5, 0.6) is 5.75 Å². The molecule has 0 heterocycles. The van der Waals surface area contributed by atoms with Gasteiger partial charge in [-0.3, -0.25) is 0 Å². The van der Waals surface area contributed by atoms with Crippen LogP contribution in [0, 0.1) is 0 Å². The van der Waals surface area contributed by atoms with Crippen LogP contribution >= 0.6 is 10.7 Å². The van der Waals surface area contributed by atoms with Crippen LogP contribution in [0.1, 0.15) is 26.3 Å². The molecule has 0 amide bonds. The normalized spacial score (nSPS) is 13.3. The molecule has 0 radical (unpaired) electrons. The van der Waals surface area contributed by atoms with E-state index < -0.39 is 27.2 Å². The van der Waals surface area contributed by atoms with E-state index >= 15 is 0 Å². The highest BCUT2D eigenvalue weighted by molar-refractivity contribution is 8.13. The molecule has 0 aromatic heterocycles. The van der Waals surface area contributed by atoms with E-state index in [1.807, 2.05) is 0 Å². The van der Waals surface area contributed by atoms with Crippen LogP contribution < -0.4 is 4.74 Å². The average Bonchev–Trinajstić information content (AvgIpc) is 2.22. The summed E-state index contributed by atoms with van der Waals surface area (Å²) in [6.07, 6.45) is -4.47. The van der Waals surface area contributed by atoms with Crippen molar-refractivity contribution in [3.05, 3.63) is 23.8 Å². The Morgan fingerprint density at radius 2 is 1.75 bits per heavy atom. The zero-order chi connectivity index (χ0) is 15.8. The number of benzene rings is 1. The molecule has 1 aromatic rings. The summed E-state index contributed by atoms with van der Waals surface area (Å²) in [5, 5.41) is 0. The summed E-state index contributed by atoms with van der Waals surface area (Å²) in [7, 11) is 1.28. The Hall–Kier alpha value is -0.950. The molecule has 0 unspecified atom stereocenters. The van der Waals surface area contributed by atoms with Crippen LogP contribution in [0.2, 0.25) is 0 Å². The van der Waals surface area contributed by atoms with Crippen molar-refractivity contribution in [2.75, 3.05) is 6.61 Å². The predicted octanol–water partition coefficient (Wildman–Crippen LogP) is 3.85. The van der Waals surface area contributed by atoms with Gasteiger partial charge in [0, 0.05) is 16.2 Å². The number of hydrogen-bond donors (Lipinski definition) is 0. The summed E-state index contributed by atoms with van der Waals surface area (Å²) in [5.41, 5.74) is -0.262. The molecular weight excluding hydrogens is 317 g/mol. The summed E-state index contributed by atoms with van der Waals surface area (Å²) >= 11 is 0. The van der Waals surface area contributed by atoms with Gasteiger partial charge in [0.15, 0.2) is 6.61 Å². The zero-order valence-corrected chi connectivity index (χ0v) is 12.7. The highest BCUT2D eigenvalue weighted by Gasteiger charge is 2.30. The average molecular weight is 331 g/mol. The Kier molecular flexibility index (Phi) is 4.65. The van der Waals surface area contributed by atoms with Crippen molar-refractivity contribution < 1.29 is 26.3 Å². The van der Waals surface area contributed by atoms with Crippen molar-refractivity contribution in [2.24, 2.45) is 0 Å². The maximum Gasteiger partial charge on any atom is 0.422 e. The van der Waals surface area contributed by atoms with Gasteiger partial charge in [-0.1, -0.05) is 20.8 Å². The molecule has 8 heteroatoms. The zero-order valence-electron chi connectivity index (χ0n) is 11.1. The van der Waals surface area contributed by atoms with Crippen LogP contribution in [-0.2, 0) is 14.5 Å². The van der Waals surface area contributed by atoms with Crippen molar-refractivity contribution in [3.63, 3.8) is 0 Å². The molecule has 114 valence electrons. The summed E-state index contributed by atoms with van der Waals surface area (Å²) in [4.78, 5) is -0.177. The second-order valence-electron chi connectivity index (χ2n) is 5.25. The lowest BCUT2D eigenvalue weighted by Gasteiger charge is -2.23. The third kappa shape index (κ3) is 4.86. The van der Waals surface area contributed by atoms with Gasteiger partial charge in [0.25, 0.3) is 9.05 Å². The van der Waals surface area contributed by atoms with Crippen LogP contribution in [0.3, 0.4) is 0 Å². The lowest BCUT2D eigenvalue weighted by molar-refractivity contribution is -0.153. The fourth-order valence-electron chi connectivity index (χ4n) is 1.53. The Morgan fingerprint density at radius 3 is 2.15 bits per heavy atom. The highest BCUT2D eigenvalue weighted by atomic mass is 35.7. The standard InChI is InChI=1S/C12H14ClF3O3S/c1-11(2,3)9-6-8(20(13,17)18)4-5-10(9)19-7-12(14,15)16/h4-6H,7H2,1-3H3. The number of halogens is 4. The van der Waals surface area contributed by atoms with Gasteiger partial charge in [-0.2, -0.15) is 13.2 Å². The highest BCUT2D eigenvalue weighted by Crippen LogP contribution is 2.34. The van der Waals surface area contributed by atoms with Crippen molar-refractivity contribution in [3.8, 4) is 5.75 Å². The van der Waals surface area contributed by atoms with Crippen molar-refractivity contribution >= 4 is 19.7 Å². The maximum absolute atomic E-state index is 12.2. The third-order valence-corrected chi connectivity index (χ3v) is 3.78. The minimum Gasteiger partial charge on any atom is -0.484 e. The number of alkyl halides is 3. The second kappa shape index (κ2) is 5.44. The summed E-state index contributed by atoms with van der Waals surface area (Å²) in [6.45, 7) is 3.75. The van der Waals surface area contributed by atoms with Crippen LogP contribution in [0.4, 0.5) is 13.2 Å². The molecule has 0 saturated carbocycles. The smallest absolute Gasteiger partial charge is 0.422 e.